The predicted molar refractivity (Wildman–Crippen MR) is 82.3 cm³/mol. The van der Waals surface area contributed by atoms with Gasteiger partial charge in [-0.3, -0.25) is 9.67 Å². The van der Waals surface area contributed by atoms with Gasteiger partial charge in [-0.05, 0) is 18.2 Å². The maximum absolute atomic E-state index is 13.7. The van der Waals surface area contributed by atoms with E-state index < -0.39 is 5.82 Å². The Morgan fingerprint density at radius 2 is 2.14 bits per heavy atom. The van der Waals surface area contributed by atoms with E-state index in [1.54, 1.807) is 29.2 Å². The molecule has 0 spiro atoms. The van der Waals surface area contributed by atoms with E-state index >= 15 is 0 Å². The number of aryl methyl sites for hydroxylation is 1. The number of anilines is 1. The summed E-state index contributed by atoms with van der Waals surface area (Å²) in [5.41, 5.74) is 6.97. The average Bonchev–Trinajstić information content (AvgIpc) is 2.95. The molecule has 22 heavy (non-hydrogen) atoms. The monoisotopic (exact) mass is 318 g/mol. The smallest absolute Gasteiger partial charge is 0.168 e. The van der Waals surface area contributed by atoms with E-state index in [0.29, 0.717) is 11.4 Å². The van der Waals surface area contributed by atoms with Gasteiger partial charge < -0.3 is 10.5 Å². The molecule has 112 valence electrons. The summed E-state index contributed by atoms with van der Waals surface area (Å²) in [5, 5.41) is 3.94. The van der Waals surface area contributed by atoms with Crippen LogP contribution < -0.4 is 10.5 Å². The number of pyridine rings is 1. The maximum Gasteiger partial charge on any atom is 0.168 e. The highest BCUT2D eigenvalue weighted by atomic mass is 35.5. The van der Waals surface area contributed by atoms with Gasteiger partial charge >= 0.3 is 0 Å². The Hall–Kier alpha value is -2.60. The minimum atomic E-state index is -0.694. The molecule has 0 aliphatic carbocycles. The second-order valence-corrected chi connectivity index (χ2v) is 5.04. The van der Waals surface area contributed by atoms with Crippen molar-refractivity contribution in [2.75, 3.05) is 5.73 Å². The first-order chi connectivity index (χ1) is 10.5. The van der Waals surface area contributed by atoms with Crippen LogP contribution in [0.4, 0.5) is 10.1 Å². The highest BCUT2D eigenvalue weighted by Gasteiger charge is 2.12. The van der Waals surface area contributed by atoms with Crippen LogP contribution >= 0.6 is 11.6 Å². The Morgan fingerprint density at radius 3 is 2.86 bits per heavy atom. The standard InChI is InChI=1S/C15H12ClFN4O/c1-21-8-9(7-20-21)12-6-10(4-5-19-12)22-13-3-2-11(18)15(17)14(13)16/h2-8H,18H2,1H3. The van der Waals surface area contributed by atoms with E-state index in [-0.39, 0.29) is 16.5 Å². The molecule has 2 heterocycles. The number of benzene rings is 1. The van der Waals surface area contributed by atoms with Crippen molar-refractivity contribution < 1.29 is 9.13 Å². The van der Waals surface area contributed by atoms with Gasteiger partial charge in [-0.25, -0.2) is 4.39 Å². The van der Waals surface area contributed by atoms with Crippen molar-refractivity contribution in [3.05, 3.63) is 53.7 Å². The van der Waals surface area contributed by atoms with Crippen LogP contribution in [0.15, 0.2) is 42.9 Å². The number of nitrogens with two attached hydrogens (primary N) is 1. The Bertz CT molecular complexity index is 834. The van der Waals surface area contributed by atoms with Gasteiger partial charge in [-0.2, -0.15) is 5.10 Å². The van der Waals surface area contributed by atoms with Crippen LogP contribution in [0.2, 0.25) is 5.02 Å². The number of aromatic nitrogens is 3. The largest absolute Gasteiger partial charge is 0.456 e. The molecule has 1 aromatic carbocycles. The number of hydrogen-bond acceptors (Lipinski definition) is 4. The summed E-state index contributed by atoms with van der Waals surface area (Å²) in [4.78, 5) is 4.26. The third-order valence-electron chi connectivity index (χ3n) is 3.04. The van der Waals surface area contributed by atoms with Gasteiger partial charge in [0.2, 0.25) is 0 Å². The molecule has 3 aromatic rings. The fourth-order valence-corrected chi connectivity index (χ4v) is 2.15. The number of nitrogens with zero attached hydrogens (tertiary/aromatic N) is 3. The molecule has 0 bridgehead atoms. The van der Waals surface area contributed by atoms with Crippen LogP contribution in [0.5, 0.6) is 11.5 Å². The molecule has 7 heteroatoms. The van der Waals surface area contributed by atoms with E-state index in [4.69, 9.17) is 22.1 Å². The number of halogens is 2. The minimum Gasteiger partial charge on any atom is -0.456 e. The molecule has 5 nitrogen and oxygen atoms in total. The van der Waals surface area contributed by atoms with Crippen molar-refractivity contribution in [3.63, 3.8) is 0 Å². The summed E-state index contributed by atoms with van der Waals surface area (Å²) in [6, 6.07) is 6.30. The Labute approximate surface area is 131 Å². The maximum atomic E-state index is 13.7. The van der Waals surface area contributed by atoms with Crippen molar-refractivity contribution in [2.45, 2.75) is 0 Å². The van der Waals surface area contributed by atoms with Crippen molar-refractivity contribution in [1.29, 1.82) is 0 Å². The number of nitrogen functional groups attached to an aromatic ring is 1. The van der Waals surface area contributed by atoms with Crippen LogP contribution in [0, 0.1) is 5.82 Å². The first kappa shape index (κ1) is 14.3. The van der Waals surface area contributed by atoms with Crippen LogP contribution in [0.25, 0.3) is 11.3 Å². The Kier molecular flexibility index (Phi) is 3.68. The summed E-state index contributed by atoms with van der Waals surface area (Å²) >= 11 is 5.90. The van der Waals surface area contributed by atoms with Crippen LogP contribution in [-0.4, -0.2) is 14.8 Å². The van der Waals surface area contributed by atoms with Gasteiger partial charge in [0.05, 0.1) is 17.6 Å². The first-order valence-corrected chi connectivity index (χ1v) is 6.79. The summed E-state index contributed by atoms with van der Waals surface area (Å²) in [5.74, 6) is -0.0164. The summed E-state index contributed by atoms with van der Waals surface area (Å²) in [6.45, 7) is 0. The zero-order chi connectivity index (χ0) is 15.7. The lowest BCUT2D eigenvalue weighted by molar-refractivity contribution is 0.477. The fourth-order valence-electron chi connectivity index (χ4n) is 1.94. The number of ether oxygens (including phenoxy) is 1. The van der Waals surface area contributed by atoms with Gasteiger partial charge in [-0.1, -0.05) is 11.6 Å². The average molecular weight is 319 g/mol. The predicted octanol–water partition coefficient (Wildman–Crippen LogP) is 3.65. The molecule has 0 amide bonds. The third kappa shape index (κ3) is 2.73. The van der Waals surface area contributed by atoms with E-state index in [9.17, 15) is 4.39 Å². The van der Waals surface area contributed by atoms with Crippen LogP contribution in [0.3, 0.4) is 0 Å². The number of rotatable bonds is 3. The quantitative estimate of drug-likeness (QED) is 0.749. The van der Waals surface area contributed by atoms with E-state index in [0.717, 1.165) is 5.56 Å². The molecule has 2 aromatic heterocycles. The van der Waals surface area contributed by atoms with Crippen molar-refractivity contribution in [1.82, 2.24) is 14.8 Å². The van der Waals surface area contributed by atoms with Crippen molar-refractivity contribution in [2.24, 2.45) is 7.05 Å². The number of hydrogen-bond donors (Lipinski definition) is 1. The molecule has 0 saturated carbocycles. The minimum absolute atomic E-state index is 0.0249. The molecule has 0 unspecified atom stereocenters. The van der Waals surface area contributed by atoms with Gasteiger partial charge in [0.1, 0.15) is 16.5 Å². The summed E-state index contributed by atoms with van der Waals surface area (Å²) in [6.07, 6.45) is 5.13. The first-order valence-electron chi connectivity index (χ1n) is 6.41. The second kappa shape index (κ2) is 5.65. The SMILES string of the molecule is Cn1cc(-c2cc(Oc3ccc(N)c(F)c3Cl)ccn2)cn1. The normalized spacial score (nSPS) is 10.7. The molecule has 0 saturated heterocycles. The summed E-state index contributed by atoms with van der Waals surface area (Å²) in [7, 11) is 1.82. The van der Waals surface area contributed by atoms with E-state index in [2.05, 4.69) is 10.1 Å². The Balaban J connectivity index is 1.92. The zero-order valence-electron chi connectivity index (χ0n) is 11.6. The summed E-state index contributed by atoms with van der Waals surface area (Å²) < 4.78 is 21.0. The molecule has 0 aliphatic rings. The highest BCUT2D eigenvalue weighted by molar-refractivity contribution is 6.32. The molecular formula is C15H12ClFN4O. The second-order valence-electron chi connectivity index (χ2n) is 4.66. The van der Waals surface area contributed by atoms with Gasteiger partial charge in [0.15, 0.2) is 5.82 Å². The van der Waals surface area contributed by atoms with Crippen LogP contribution in [-0.2, 0) is 7.05 Å². The third-order valence-corrected chi connectivity index (χ3v) is 3.39. The van der Waals surface area contributed by atoms with Crippen LogP contribution in [0.1, 0.15) is 0 Å². The highest BCUT2D eigenvalue weighted by Crippen LogP contribution is 2.34. The molecule has 3 rings (SSSR count). The van der Waals surface area contributed by atoms with Crippen molar-refractivity contribution in [3.8, 4) is 22.8 Å². The molecule has 0 fully saturated rings. The fraction of sp³-hybridized carbons (Fsp3) is 0.0667. The molecular weight excluding hydrogens is 307 g/mol. The van der Waals surface area contributed by atoms with Gasteiger partial charge in [-0.15, -0.1) is 0 Å². The lowest BCUT2D eigenvalue weighted by atomic mass is 10.2. The molecule has 0 aliphatic heterocycles. The van der Waals surface area contributed by atoms with E-state index in [1.165, 1.54) is 12.1 Å². The lowest BCUT2D eigenvalue weighted by Gasteiger charge is -2.09. The van der Waals surface area contributed by atoms with E-state index in [1.807, 2.05) is 13.2 Å². The molecule has 2 N–H and O–H groups in total. The molecule has 0 atom stereocenters. The molecule has 0 radical (unpaired) electrons. The Morgan fingerprint density at radius 1 is 1.32 bits per heavy atom. The van der Waals surface area contributed by atoms with Gasteiger partial charge in [0, 0.05) is 31.1 Å². The lowest BCUT2D eigenvalue weighted by Crippen LogP contribution is -1.94. The van der Waals surface area contributed by atoms with Crippen molar-refractivity contribution >= 4 is 17.3 Å². The van der Waals surface area contributed by atoms with Gasteiger partial charge in [0.25, 0.3) is 0 Å². The zero-order valence-corrected chi connectivity index (χ0v) is 12.4. The topological polar surface area (TPSA) is 66.0 Å².